The Bertz CT molecular complexity index is 1090. The normalized spacial score (nSPS) is 10.9. The van der Waals surface area contributed by atoms with E-state index in [-0.39, 0.29) is 33.8 Å². The van der Waals surface area contributed by atoms with E-state index in [9.17, 15) is 20.2 Å². The molecule has 0 bridgehead atoms. The molecule has 10 heteroatoms. The van der Waals surface area contributed by atoms with Crippen LogP contribution in [-0.2, 0) is 6.61 Å². The number of non-ortho nitro benzene ring substituents is 2. The van der Waals surface area contributed by atoms with E-state index in [4.69, 9.17) is 27.9 Å². The summed E-state index contributed by atoms with van der Waals surface area (Å²) in [5, 5.41) is 21.9. The molecule has 0 aliphatic rings. The van der Waals surface area contributed by atoms with Crippen molar-refractivity contribution in [1.82, 2.24) is 0 Å². The number of hydrogen-bond acceptors (Lipinski definition) is 6. The Hall–Kier alpha value is -3.49. The van der Waals surface area contributed by atoms with Crippen LogP contribution in [0.15, 0.2) is 65.7 Å². The van der Waals surface area contributed by atoms with E-state index in [0.717, 1.165) is 5.56 Å². The summed E-state index contributed by atoms with van der Waals surface area (Å²) in [5.74, 6) is 0.282. The first kappa shape index (κ1) is 21.2. The van der Waals surface area contributed by atoms with Crippen LogP contribution >= 0.6 is 23.2 Å². The summed E-state index contributed by atoms with van der Waals surface area (Å²) >= 11 is 12.5. The fourth-order valence-electron chi connectivity index (χ4n) is 2.47. The maximum absolute atomic E-state index is 10.7. The molecule has 0 saturated heterocycles. The van der Waals surface area contributed by atoms with Gasteiger partial charge in [0.25, 0.3) is 11.4 Å². The van der Waals surface area contributed by atoms with Gasteiger partial charge in [-0.15, -0.1) is 0 Å². The summed E-state index contributed by atoms with van der Waals surface area (Å²) < 4.78 is 5.67. The Morgan fingerprint density at radius 2 is 1.37 bits per heavy atom. The average molecular weight is 446 g/mol. The summed E-state index contributed by atoms with van der Waals surface area (Å²) in [6, 6.07) is 15.0. The molecule has 152 valence electrons. The molecule has 0 aliphatic carbocycles. The molecule has 0 aromatic heterocycles. The highest BCUT2D eigenvalue weighted by molar-refractivity contribution is 6.37. The van der Waals surface area contributed by atoms with Crippen molar-refractivity contribution in [3.63, 3.8) is 0 Å². The highest BCUT2D eigenvalue weighted by Gasteiger charge is 2.11. The van der Waals surface area contributed by atoms with Gasteiger partial charge in [-0.3, -0.25) is 25.2 Å². The van der Waals surface area contributed by atoms with Gasteiger partial charge < -0.3 is 4.74 Å². The van der Waals surface area contributed by atoms with Gasteiger partial charge in [-0.05, 0) is 47.5 Å². The van der Waals surface area contributed by atoms with E-state index in [2.05, 4.69) is 4.99 Å². The molecule has 3 aromatic carbocycles. The van der Waals surface area contributed by atoms with Crippen LogP contribution < -0.4 is 4.74 Å². The van der Waals surface area contributed by atoms with Gasteiger partial charge in [0.05, 0.1) is 25.6 Å². The van der Waals surface area contributed by atoms with Crippen molar-refractivity contribution in [3.05, 3.63) is 102 Å². The number of hydrogen-bond donors (Lipinski definition) is 0. The maximum Gasteiger partial charge on any atom is 0.269 e. The minimum absolute atomic E-state index is 0.00789. The van der Waals surface area contributed by atoms with Gasteiger partial charge in [0.15, 0.2) is 5.75 Å². The number of halogens is 2. The van der Waals surface area contributed by atoms with Gasteiger partial charge in [-0.25, -0.2) is 0 Å². The van der Waals surface area contributed by atoms with Crippen molar-refractivity contribution in [3.8, 4) is 5.75 Å². The highest BCUT2D eigenvalue weighted by Crippen LogP contribution is 2.34. The van der Waals surface area contributed by atoms with Crippen molar-refractivity contribution in [2.45, 2.75) is 6.61 Å². The Balaban J connectivity index is 1.70. The van der Waals surface area contributed by atoms with Crippen LogP contribution in [-0.4, -0.2) is 16.1 Å². The topological polar surface area (TPSA) is 108 Å². The van der Waals surface area contributed by atoms with Crippen LogP contribution in [0.4, 0.5) is 17.1 Å². The summed E-state index contributed by atoms with van der Waals surface area (Å²) in [6.45, 7) is 0.133. The predicted octanol–water partition coefficient (Wildman–Crippen LogP) is 6.14. The summed E-state index contributed by atoms with van der Waals surface area (Å²) in [6.07, 6.45) is 1.53. The predicted molar refractivity (Wildman–Crippen MR) is 114 cm³/mol. The second-order valence-corrected chi connectivity index (χ2v) is 6.87. The van der Waals surface area contributed by atoms with E-state index in [0.29, 0.717) is 11.3 Å². The molecule has 0 heterocycles. The van der Waals surface area contributed by atoms with Gasteiger partial charge in [-0.1, -0.05) is 23.2 Å². The van der Waals surface area contributed by atoms with Crippen molar-refractivity contribution >= 4 is 46.5 Å². The molecule has 0 N–H and O–H groups in total. The van der Waals surface area contributed by atoms with E-state index in [1.807, 2.05) is 0 Å². The second kappa shape index (κ2) is 9.34. The van der Waals surface area contributed by atoms with E-state index >= 15 is 0 Å². The fourth-order valence-corrected chi connectivity index (χ4v) is 3.08. The number of nitro benzene ring substituents is 2. The van der Waals surface area contributed by atoms with E-state index < -0.39 is 9.85 Å². The lowest BCUT2D eigenvalue weighted by atomic mass is 10.2. The smallest absolute Gasteiger partial charge is 0.269 e. The lowest BCUT2D eigenvalue weighted by Gasteiger charge is -2.11. The largest absolute Gasteiger partial charge is 0.486 e. The minimum Gasteiger partial charge on any atom is -0.486 e. The molecule has 0 saturated carbocycles. The first-order valence-corrected chi connectivity index (χ1v) is 9.23. The number of benzene rings is 3. The molecule has 0 spiro atoms. The highest BCUT2D eigenvalue weighted by atomic mass is 35.5. The molecule has 3 aromatic rings. The summed E-state index contributed by atoms with van der Waals surface area (Å²) in [5.41, 5.74) is 1.84. The third-order valence-electron chi connectivity index (χ3n) is 3.97. The maximum atomic E-state index is 10.7. The van der Waals surface area contributed by atoms with Gasteiger partial charge in [0.1, 0.15) is 6.61 Å². The number of ether oxygens (including phenoxy) is 1. The molecule has 30 heavy (non-hydrogen) atoms. The van der Waals surface area contributed by atoms with Crippen molar-refractivity contribution in [2.75, 3.05) is 0 Å². The zero-order valence-electron chi connectivity index (χ0n) is 15.2. The Labute approximate surface area is 180 Å². The second-order valence-electron chi connectivity index (χ2n) is 6.06. The third-order valence-corrected chi connectivity index (χ3v) is 4.54. The zero-order chi connectivity index (χ0) is 21.7. The van der Waals surface area contributed by atoms with Crippen LogP contribution in [0.25, 0.3) is 0 Å². The summed E-state index contributed by atoms with van der Waals surface area (Å²) in [7, 11) is 0. The van der Waals surface area contributed by atoms with Crippen molar-refractivity contribution in [2.24, 2.45) is 4.99 Å². The Morgan fingerprint density at radius 3 is 1.87 bits per heavy atom. The van der Waals surface area contributed by atoms with E-state index in [1.54, 1.807) is 24.3 Å². The molecule has 3 rings (SSSR count). The van der Waals surface area contributed by atoms with Gasteiger partial charge in [-0.2, -0.15) is 0 Å². The number of nitro groups is 2. The third kappa shape index (κ3) is 5.31. The first-order valence-electron chi connectivity index (χ1n) is 8.47. The standard InChI is InChI=1S/C20H13Cl2N3O5/c21-18-9-14(11-23-15-3-7-17(8-4-15)25(28)29)10-19(22)20(18)30-12-13-1-5-16(6-2-13)24(26)27/h1-11H,12H2. The first-order chi connectivity index (χ1) is 14.3. The van der Waals surface area contributed by atoms with E-state index in [1.165, 1.54) is 42.6 Å². The fraction of sp³-hybridized carbons (Fsp3) is 0.0500. The molecule has 0 aliphatic heterocycles. The Kier molecular flexibility index (Phi) is 6.61. The molecule has 0 amide bonds. The monoisotopic (exact) mass is 445 g/mol. The number of aliphatic imine (C=N–C) groups is 1. The van der Waals surface area contributed by atoms with Crippen LogP contribution in [0.3, 0.4) is 0 Å². The molecular weight excluding hydrogens is 433 g/mol. The SMILES string of the molecule is O=[N+]([O-])c1ccc(COc2c(Cl)cc(C=Nc3ccc([N+](=O)[O-])cc3)cc2Cl)cc1. The Morgan fingerprint density at radius 1 is 0.867 bits per heavy atom. The lowest BCUT2D eigenvalue weighted by molar-refractivity contribution is -0.385. The van der Waals surface area contributed by atoms with Gasteiger partial charge in [0, 0.05) is 30.5 Å². The van der Waals surface area contributed by atoms with Crippen LogP contribution in [0.5, 0.6) is 5.75 Å². The van der Waals surface area contributed by atoms with Gasteiger partial charge >= 0.3 is 0 Å². The summed E-state index contributed by atoms with van der Waals surface area (Å²) in [4.78, 5) is 24.7. The molecule has 0 unspecified atom stereocenters. The lowest BCUT2D eigenvalue weighted by Crippen LogP contribution is -1.98. The minimum atomic E-state index is -0.484. The zero-order valence-corrected chi connectivity index (χ0v) is 16.7. The van der Waals surface area contributed by atoms with Crippen molar-refractivity contribution in [1.29, 1.82) is 0 Å². The molecule has 0 fully saturated rings. The van der Waals surface area contributed by atoms with Crippen LogP contribution in [0, 0.1) is 20.2 Å². The molecule has 8 nitrogen and oxygen atoms in total. The van der Waals surface area contributed by atoms with Gasteiger partial charge in [0.2, 0.25) is 0 Å². The van der Waals surface area contributed by atoms with Crippen LogP contribution in [0.2, 0.25) is 10.0 Å². The number of rotatable bonds is 7. The molecule has 0 atom stereocenters. The molecule has 0 radical (unpaired) electrons. The van der Waals surface area contributed by atoms with Crippen molar-refractivity contribution < 1.29 is 14.6 Å². The quantitative estimate of drug-likeness (QED) is 0.246. The number of nitrogens with zero attached hydrogens (tertiary/aromatic N) is 3. The van der Waals surface area contributed by atoms with Crippen LogP contribution in [0.1, 0.15) is 11.1 Å². The average Bonchev–Trinajstić information content (AvgIpc) is 2.72. The molecular formula is C20H13Cl2N3O5.